The van der Waals surface area contributed by atoms with Crippen LogP contribution >= 0.6 is 0 Å². The van der Waals surface area contributed by atoms with Crippen LogP contribution in [0.1, 0.15) is 29.7 Å². The number of hydrogen-bond donors (Lipinski definition) is 3. The quantitative estimate of drug-likeness (QED) is 0.610. The number of nitrogens with zero attached hydrogens (tertiary/aromatic N) is 4. The number of tetrazole rings is 1. The van der Waals surface area contributed by atoms with Gasteiger partial charge in [0, 0.05) is 11.4 Å². The fraction of sp³-hybridized carbons (Fsp3) is 0.238. The molecule has 2 aromatic carbocycles. The number of aryl methyl sites for hydroxylation is 1. The summed E-state index contributed by atoms with van der Waals surface area (Å²) in [7, 11) is 1.47. The van der Waals surface area contributed by atoms with Crippen molar-refractivity contribution in [2.24, 2.45) is 0 Å². The van der Waals surface area contributed by atoms with Crippen LogP contribution in [0.5, 0.6) is 11.5 Å². The van der Waals surface area contributed by atoms with E-state index < -0.39 is 6.04 Å². The smallest absolute Gasteiger partial charge is 0.255 e. The SMILES string of the molecule is COc1cc(C2C(C(=O)Nc3cccc(C)c3C)=C(C)Nc3nnnn32)ccc1O. The molecule has 0 saturated carbocycles. The highest BCUT2D eigenvalue weighted by molar-refractivity contribution is 6.06. The fourth-order valence-electron chi connectivity index (χ4n) is 3.56. The Labute approximate surface area is 173 Å². The van der Waals surface area contributed by atoms with E-state index in [0.717, 1.165) is 16.8 Å². The summed E-state index contributed by atoms with van der Waals surface area (Å²) in [6, 6.07) is 10.1. The second-order valence-electron chi connectivity index (χ2n) is 7.15. The molecule has 0 bridgehead atoms. The summed E-state index contributed by atoms with van der Waals surface area (Å²) < 4.78 is 6.79. The Hall–Kier alpha value is -3.88. The Bertz CT molecular complexity index is 1170. The number of rotatable bonds is 4. The number of amides is 1. The molecule has 0 radical (unpaired) electrons. The van der Waals surface area contributed by atoms with Crippen molar-refractivity contribution in [3.05, 3.63) is 64.4 Å². The maximum atomic E-state index is 13.4. The lowest BCUT2D eigenvalue weighted by atomic mass is 9.94. The number of phenols is 1. The standard InChI is InChI=1S/C21H22N6O3/c1-11-6-5-7-15(12(11)2)23-20(29)18-13(3)22-21-24-25-26-27(21)19(18)14-8-9-16(28)17(10-14)30-4/h5-10,19,28H,1-4H3,(H,23,29)(H,22,24,26). The van der Waals surface area contributed by atoms with Crippen LogP contribution in [0.15, 0.2) is 47.7 Å². The number of aromatic nitrogens is 4. The van der Waals surface area contributed by atoms with Crippen LogP contribution in [0, 0.1) is 13.8 Å². The van der Waals surface area contributed by atoms with E-state index in [9.17, 15) is 9.90 Å². The maximum Gasteiger partial charge on any atom is 0.255 e. The molecule has 3 aromatic rings. The number of carbonyl (C=O) groups excluding carboxylic acids is 1. The Balaban J connectivity index is 1.80. The first kappa shape index (κ1) is 19.4. The normalized spacial score (nSPS) is 15.4. The van der Waals surface area contributed by atoms with E-state index in [1.807, 2.05) is 32.0 Å². The first-order valence-electron chi connectivity index (χ1n) is 9.40. The summed E-state index contributed by atoms with van der Waals surface area (Å²) >= 11 is 0. The molecule has 3 N–H and O–H groups in total. The lowest BCUT2D eigenvalue weighted by Gasteiger charge is -2.28. The molecule has 9 nitrogen and oxygen atoms in total. The van der Waals surface area contributed by atoms with Gasteiger partial charge in [-0.1, -0.05) is 23.3 Å². The summed E-state index contributed by atoms with van der Waals surface area (Å²) in [6.45, 7) is 5.77. The van der Waals surface area contributed by atoms with Gasteiger partial charge in [-0.25, -0.2) is 0 Å². The van der Waals surface area contributed by atoms with Crippen molar-refractivity contribution in [2.45, 2.75) is 26.8 Å². The van der Waals surface area contributed by atoms with Crippen LogP contribution in [-0.4, -0.2) is 38.3 Å². The van der Waals surface area contributed by atoms with Gasteiger partial charge in [-0.15, -0.1) is 0 Å². The molecule has 1 unspecified atom stereocenters. The maximum absolute atomic E-state index is 13.4. The minimum Gasteiger partial charge on any atom is -0.504 e. The van der Waals surface area contributed by atoms with Gasteiger partial charge in [0.1, 0.15) is 6.04 Å². The monoisotopic (exact) mass is 406 g/mol. The Kier molecular flexibility index (Phi) is 4.86. The van der Waals surface area contributed by atoms with Crippen LogP contribution in [0.4, 0.5) is 11.6 Å². The summed E-state index contributed by atoms with van der Waals surface area (Å²) in [5, 5.41) is 27.9. The molecule has 0 spiro atoms. The molecule has 9 heteroatoms. The van der Waals surface area contributed by atoms with Crippen LogP contribution < -0.4 is 15.4 Å². The van der Waals surface area contributed by atoms with Crippen LogP contribution in [0.3, 0.4) is 0 Å². The van der Waals surface area contributed by atoms with Gasteiger partial charge < -0.3 is 20.5 Å². The molecule has 4 rings (SSSR count). The first-order chi connectivity index (χ1) is 14.4. The molecule has 1 atom stereocenters. The van der Waals surface area contributed by atoms with Crippen LogP contribution in [0.2, 0.25) is 0 Å². The number of anilines is 2. The van der Waals surface area contributed by atoms with Gasteiger partial charge in [-0.05, 0) is 66.1 Å². The number of phenolic OH excluding ortho intramolecular Hbond substituents is 1. The number of hydrogen-bond acceptors (Lipinski definition) is 7. The summed E-state index contributed by atoms with van der Waals surface area (Å²) in [6.07, 6.45) is 0. The van der Waals surface area contributed by atoms with Gasteiger partial charge in [-0.2, -0.15) is 4.68 Å². The van der Waals surface area contributed by atoms with E-state index in [0.29, 0.717) is 28.5 Å². The van der Waals surface area contributed by atoms with Gasteiger partial charge in [0.25, 0.3) is 5.91 Å². The average molecular weight is 406 g/mol. The number of methoxy groups -OCH3 is 1. The van der Waals surface area contributed by atoms with E-state index in [1.165, 1.54) is 17.9 Å². The van der Waals surface area contributed by atoms with E-state index in [-0.39, 0.29) is 11.7 Å². The summed E-state index contributed by atoms with van der Waals surface area (Å²) in [4.78, 5) is 13.4. The molecule has 1 aliphatic rings. The fourth-order valence-corrected chi connectivity index (χ4v) is 3.56. The predicted octanol–water partition coefficient (Wildman–Crippen LogP) is 2.93. The lowest BCUT2D eigenvalue weighted by Crippen LogP contribution is -2.31. The van der Waals surface area contributed by atoms with E-state index in [4.69, 9.17) is 4.74 Å². The van der Waals surface area contributed by atoms with E-state index >= 15 is 0 Å². The number of ether oxygens (including phenoxy) is 1. The molecule has 1 aliphatic heterocycles. The molecule has 0 saturated heterocycles. The molecule has 154 valence electrons. The van der Waals surface area contributed by atoms with Crippen molar-refractivity contribution in [1.82, 2.24) is 20.2 Å². The molecular formula is C21H22N6O3. The van der Waals surface area contributed by atoms with Crippen molar-refractivity contribution >= 4 is 17.5 Å². The van der Waals surface area contributed by atoms with Crippen LogP contribution in [-0.2, 0) is 4.79 Å². The van der Waals surface area contributed by atoms with Gasteiger partial charge in [0.05, 0.1) is 12.7 Å². The second kappa shape index (κ2) is 7.51. The number of aromatic hydroxyl groups is 1. The van der Waals surface area contributed by atoms with Crippen LogP contribution in [0.25, 0.3) is 0 Å². The van der Waals surface area contributed by atoms with Crippen molar-refractivity contribution in [3.8, 4) is 11.5 Å². The molecule has 30 heavy (non-hydrogen) atoms. The highest BCUT2D eigenvalue weighted by Gasteiger charge is 2.34. The Morgan fingerprint density at radius 3 is 2.80 bits per heavy atom. The highest BCUT2D eigenvalue weighted by atomic mass is 16.5. The minimum atomic E-state index is -0.601. The number of fused-ring (bicyclic) bond motifs is 1. The highest BCUT2D eigenvalue weighted by Crippen LogP contribution is 2.38. The lowest BCUT2D eigenvalue weighted by molar-refractivity contribution is -0.113. The molecule has 0 aliphatic carbocycles. The van der Waals surface area contributed by atoms with Gasteiger partial charge >= 0.3 is 0 Å². The zero-order chi connectivity index (χ0) is 21.4. The Morgan fingerprint density at radius 2 is 2.03 bits per heavy atom. The van der Waals surface area contributed by atoms with Gasteiger partial charge in [0.15, 0.2) is 11.5 Å². The molecule has 1 aromatic heterocycles. The largest absolute Gasteiger partial charge is 0.504 e. The van der Waals surface area contributed by atoms with E-state index in [1.54, 1.807) is 19.1 Å². The molecule has 2 heterocycles. The predicted molar refractivity (Wildman–Crippen MR) is 111 cm³/mol. The topological polar surface area (TPSA) is 114 Å². The van der Waals surface area contributed by atoms with Crippen molar-refractivity contribution in [2.75, 3.05) is 17.7 Å². The minimum absolute atomic E-state index is 0.00853. The van der Waals surface area contributed by atoms with Crippen molar-refractivity contribution < 1.29 is 14.6 Å². The first-order valence-corrected chi connectivity index (χ1v) is 9.40. The van der Waals surface area contributed by atoms with Crippen molar-refractivity contribution in [3.63, 3.8) is 0 Å². The third-order valence-electron chi connectivity index (χ3n) is 5.33. The number of nitrogens with one attached hydrogen (secondary N) is 2. The zero-order valence-electron chi connectivity index (χ0n) is 17.1. The van der Waals surface area contributed by atoms with Gasteiger partial charge in [-0.3, -0.25) is 4.79 Å². The summed E-state index contributed by atoms with van der Waals surface area (Å²) in [5.74, 6) is 0.460. The molecule has 1 amide bonds. The van der Waals surface area contributed by atoms with Gasteiger partial charge in [0.2, 0.25) is 5.95 Å². The number of carbonyl (C=O) groups is 1. The van der Waals surface area contributed by atoms with Crippen molar-refractivity contribution in [1.29, 1.82) is 0 Å². The zero-order valence-corrected chi connectivity index (χ0v) is 17.1. The number of benzene rings is 2. The molecule has 0 fully saturated rings. The molecular weight excluding hydrogens is 384 g/mol. The van der Waals surface area contributed by atoms with E-state index in [2.05, 4.69) is 26.2 Å². The number of allylic oxidation sites excluding steroid dienone is 1. The summed E-state index contributed by atoms with van der Waals surface area (Å²) in [5.41, 5.74) is 4.62. The average Bonchev–Trinajstić information content (AvgIpc) is 3.18. The third kappa shape index (κ3) is 3.24. The third-order valence-corrected chi connectivity index (χ3v) is 5.33. The second-order valence-corrected chi connectivity index (χ2v) is 7.15. The Morgan fingerprint density at radius 1 is 1.23 bits per heavy atom.